The number of hydrogen-bond acceptors (Lipinski definition) is 6. The molecule has 0 bridgehead atoms. The molecule has 9 heteroatoms. The molecule has 0 aliphatic carbocycles. The Morgan fingerprint density at radius 1 is 1.12 bits per heavy atom. The number of fused-ring (bicyclic) bond motifs is 1. The van der Waals surface area contributed by atoms with E-state index in [2.05, 4.69) is 36.2 Å². The van der Waals surface area contributed by atoms with Crippen LogP contribution in [-0.2, 0) is 0 Å². The number of aromatic nitrogens is 3. The first-order chi connectivity index (χ1) is 12.2. The number of halogens is 3. The first-order valence-electron chi connectivity index (χ1n) is 7.25. The Labute approximate surface area is 171 Å². The lowest BCUT2D eigenvalue weighted by atomic mass is 10.4. The van der Waals surface area contributed by atoms with Crippen molar-refractivity contribution in [3.05, 3.63) is 65.1 Å². The molecule has 0 atom stereocenters. The van der Waals surface area contributed by atoms with Crippen LogP contribution in [0, 0.1) is 5.82 Å². The van der Waals surface area contributed by atoms with E-state index in [0.29, 0.717) is 5.82 Å². The molecule has 0 radical (unpaired) electrons. The van der Waals surface area contributed by atoms with Crippen molar-refractivity contribution < 1.29 is 4.39 Å². The van der Waals surface area contributed by atoms with E-state index < -0.39 is 0 Å². The quantitative estimate of drug-likeness (QED) is 0.380. The zero-order chi connectivity index (χ0) is 17.2. The van der Waals surface area contributed by atoms with Crippen molar-refractivity contribution in [3.63, 3.8) is 0 Å². The van der Waals surface area contributed by atoms with Gasteiger partial charge in [-0.3, -0.25) is 0 Å². The molecule has 3 heterocycles. The van der Waals surface area contributed by atoms with E-state index in [9.17, 15) is 4.39 Å². The van der Waals surface area contributed by atoms with Crippen LogP contribution in [0.15, 0.2) is 69.1 Å². The summed E-state index contributed by atoms with van der Waals surface area (Å²) in [6, 6.07) is 12.1. The molecule has 0 unspecified atom stereocenters. The Balaban J connectivity index is 0.00000196. The van der Waals surface area contributed by atoms with Gasteiger partial charge in [-0.1, -0.05) is 23.1 Å². The largest absolute Gasteiger partial charge is 0.315 e. The third-order valence-corrected chi connectivity index (χ3v) is 5.62. The third-order valence-electron chi connectivity index (χ3n) is 3.25. The van der Waals surface area contributed by atoms with Crippen LogP contribution < -0.4 is 5.32 Å². The van der Waals surface area contributed by atoms with E-state index in [1.165, 1.54) is 35.2 Å². The van der Waals surface area contributed by atoms with Crippen LogP contribution in [0.3, 0.4) is 0 Å². The number of rotatable bonds is 4. The molecular formula is C17H11BrClFN4S2. The average molecular weight is 470 g/mol. The van der Waals surface area contributed by atoms with Crippen LogP contribution in [0.5, 0.6) is 0 Å². The van der Waals surface area contributed by atoms with Crippen LogP contribution in [0.25, 0.3) is 10.3 Å². The molecule has 0 amide bonds. The van der Waals surface area contributed by atoms with Gasteiger partial charge in [0.2, 0.25) is 0 Å². The van der Waals surface area contributed by atoms with Crippen LogP contribution in [0.2, 0.25) is 0 Å². The molecule has 3 aromatic heterocycles. The molecule has 0 aliphatic rings. The van der Waals surface area contributed by atoms with Crippen LogP contribution in [0.1, 0.15) is 0 Å². The predicted molar refractivity (Wildman–Crippen MR) is 110 cm³/mol. The summed E-state index contributed by atoms with van der Waals surface area (Å²) in [5, 5.41) is 3.99. The topological polar surface area (TPSA) is 50.7 Å². The number of hydrogen-bond donors (Lipinski definition) is 1. The monoisotopic (exact) mass is 468 g/mol. The Bertz CT molecular complexity index is 1010. The van der Waals surface area contributed by atoms with Crippen molar-refractivity contribution in [2.45, 2.75) is 9.79 Å². The molecule has 0 saturated heterocycles. The second kappa shape index (κ2) is 8.30. The van der Waals surface area contributed by atoms with Crippen LogP contribution in [-0.4, -0.2) is 15.0 Å². The number of thiazole rings is 1. The SMILES string of the molecule is Cl.Fc1ccc(Sc2cc(Br)cnc2Nc2nc3cccnc3s2)cc1. The van der Waals surface area contributed by atoms with Crippen molar-refractivity contribution in [1.82, 2.24) is 15.0 Å². The Morgan fingerprint density at radius 2 is 1.92 bits per heavy atom. The summed E-state index contributed by atoms with van der Waals surface area (Å²) in [5.74, 6) is 0.439. The van der Waals surface area contributed by atoms with E-state index in [4.69, 9.17) is 0 Å². The minimum absolute atomic E-state index is 0. The second-order valence-electron chi connectivity index (χ2n) is 5.03. The molecule has 1 N–H and O–H groups in total. The fourth-order valence-electron chi connectivity index (χ4n) is 2.15. The van der Waals surface area contributed by atoms with Crippen LogP contribution in [0.4, 0.5) is 15.3 Å². The highest BCUT2D eigenvalue weighted by Crippen LogP contribution is 2.36. The highest BCUT2D eigenvalue weighted by Gasteiger charge is 2.11. The van der Waals surface area contributed by atoms with Gasteiger partial charge in [0, 0.05) is 21.8 Å². The van der Waals surface area contributed by atoms with E-state index >= 15 is 0 Å². The zero-order valence-corrected chi connectivity index (χ0v) is 17.1. The highest BCUT2D eigenvalue weighted by atomic mass is 79.9. The highest BCUT2D eigenvalue weighted by molar-refractivity contribution is 9.10. The summed E-state index contributed by atoms with van der Waals surface area (Å²) in [6.45, 7) is 0. The number of pyridine rings is 2. The molecular weight excluding hydrogens is 459 g/mol. The van der Waals surface area contributed by atoms with E-state index in [1.54, 1.807) is 24.5 Å². The van der Waals surface area contributed by atoms with Crippen molar-refractivity contribution in [2.75, 3.05) is 5.32 Å². The first-order valence-corrected chi connectivity index (χ1v) is 9.67. The molecule has 4 aromatic rings. The lowest BCUT2D eigenvalue weighted by Crippen LogP contribution is -1.95. The Kier molecular flexibility index (Phi) is 6.08. The van der Waals surface area contributed by atoms with Crippen molar-refractivity contribution >= 4 is 72.7 Å². The molecule has 4 rings (SSSR count). The van der Waals surface area contributed by atoms with Crippen molar-refractivity contribution in [1.29, 1.82) is 0 Å². The number of anilines is 2. The second-order valence-corrected chi connectivity index (χ2v) is 8.04. The van der Waals surface area contributed by atoms with E-state index in [0.717, 1.165) is 29.7 Å². The minimum atomic E-state index is -0.253. The molecule has 0 spiro atoms. The lowest BCUT2D eigenvalue weighted by molar-refractivity contribution is 0.626. The normalized spacial score (nSPS) is 10.5. The Morgan fingerprint density at radius 3 is 2.69 bits per heavy atom. The molecule has 4 nitrogen and oxygen atoms in total. The van der Waals surface area contributed by atoms with Gasteiger partial charge >= 0.3 is 0 Å². The van der Waals surface area contributed by atoms with Gasteiger partial charge in [0.1, 0.15) is 22.0 Å². The molecule has 1 aromatic carbocycles. The fourth-order valence-corrected chi connectivity index (χ4v) is 4.35. The number of nitrogens with zero attached hydrogens (tertiary/aromatic N) is 3. The number of nitrogens with one attached hydrogen (secondary N) is 1. The standard InChI is InChI=1S/C17H10BrFN4S2.ClH/c18-10-8-14(24-12-5-3-11(19)4-6-12)15(21-9-10)23-17-22-13-2-1-7-20-16(13)25-17;/h1-9H,(H,21,22,23);1H. The van der Waals surface area contributed by atoms with Gasteiger partial charge in [-0.2, -0.15) is 0 Å². The lowest BCUT2D eigenvalue weighted by Gasteiger charge is -2.09. The molecule has 132 valence electrons. The first kappa shape index (κ1) is 19.0. The molecule has 0 fully saturated rings. The summed E-state index contributed by atoms with van der Waals surface area (Å²) in [5.41, 5.74) is 0.847. The van der Waals surface area contributed by atoms with Gasteiger partial charge in [-0.15, -0.1) is 12.4 Å². The van der Waals surface area contributed by atoms with Gasteiger partial charge in [-0.25, -0.2) is 19.3 Å². The summed E-state index contributed by atoms with van der Waals surface area (Å²) < 4.78 is 14.0. The maximum Gasteiger partial charge on any atom is 0.190 e. The molecule has 26 heavy (non-hydrogen) atoms. The van der Waals surface area contributed by atoms with E-state index in [-0.39, 0.29) is 18.2 Å². The summed E-state index contributed by atoms with van der Waals surface area (Å²) >= 11 is 6.42. The maximum atomic E-state index is 13.1. The van der Waals surface area contributed by atoms with Crippen molar-refractivity contribution in [2.24, 2.45) is 0 Å². The van der Waals surface area contributed by atoms with Gasteiger partial charge in [-0.05, 0) is 58.4 Å². The molecule has 0 saturated carbocycles. The number of benzene rings is 1. The van der Waals surface area contributed by atoms with Gasteiger partial charge in [0.25, 0.3) is 0 Å². The average Bonchev–Trinajstić information content (AvgIpc) is 3.02. The maximum absolute atomic E-state index is 13.1. The van der Waals surface area contributed by atoms with Crippen LogP contribution >= 0.6 is 51.4 Å². The predicted octanol–water partition coefficient (Wildman–Crippen LogP) is 6.30. The third kappa shape index (κ3) is 4.32. The van der Waals surface area contributed by atoms with Gasteiger partial charge < -0.3 is 5.32 Å². The smallest absolute Gasteiger partial charge is 0.190 e. The fraction of sp³-hybridized carbons (Fsp3) is 0. The summed E-state index contributed by atoms with van der Waals surface area (Å²) in [4.78, 5) is 16.0. The minimum Gasteiger partial charge on any atom is -0.315 e. The van der Waals surface area contributed by atoms with Gasteiger partial charge in [0.05, 0.1) is 4.90 Å². The van der Waals surface area contributed by atoms with E-state index in [1.807, 2.05) is 18.2 Å². The molecule has 0 aliphatic heterocycles. The Hall–Kier alpha value is -1.74. The summed E-state index contributed by atoms with van der Waals surface area (Å²) in [6.07, 6.45) is 3.47. The summed E-state index contributed by atoms with van der Waals surface area (Å²) in [7, 11) is 0. The van der Waals surface area contributed by atoms with Gasteiger partial charge in [0.15, 0.2) is 5.13 Å². The zero-order valence-electron chi connectivity index (χ0n) is 13.0. The van der Waals surface area contributed by atoms with Crippen molar-refractivity contribution in [3.8, 4) is 0 Å².